The summed E-state index contributed by atoms with van der Waals surface area (Å²) in [6.07, 6.45) is 0.392. The van der Waals surface area contributed by atoms with Crippen molar-refractivity contribution in [2.75, 3.05) is 11.9 Å². The number of rotatable bonds is 6. The molecule has 4 N–H and O–H groups in total. The van der Waals surface area contributed by atoms with E-state index in [1.807, 2.05) is 72.8 Å². The molecule has 2 amide bonds. The standard InChI is InChI=1S/C21H21N3O2/c22-14-20(25)23-19(13-15-7-2-1-3-8-15)21(26)24-18-12-6-10-16-9-4-5-11-17(16)18/h1-12,19H,13-14,22H2,(H,23,25)(H,24,26)/t19-/m0/s1. The maximum absolute atomic E-state index is 12.8. The molecule has 5 nitrogen and oxygen atoms in total. The molecule has 0 bridgehead atoms. The Morgan fingerprint density at radius 1 is 0.885 bits per heavy atom. The maximum Gasteiger partial charge on any atom is 0.247 e. The number of fused-ring (bicyclic) bond motifs is 1. The highest BCUT2D eigenvalue weighted by atomic mass is 16.2. The van der Waals surface area contributed by atoms with E-state index in [2.05, 4.69) is 10.6 Å². The minimum atomic E-state index is -0.701. The Bertz CT molecular complexity index is 904. The molecule has 3 aromatic carbocycles. The van der Waals surface area contributed by atoms with Crippen LogP contribution in [0.15, 0.2) is 72.8 Å². The number of nitrogens with two attached hydrogens (primary N) is 1. The summed E-state index contributed by atoms with van der Waals surface area (Å²) >= 11 is 0. The van der Waals surface area contributed by atoms with Gasteiger partial charge < -0.3 is 16.4 Å². The Labute approximate surface area is 152 Å². The van der Waals surface area contributed by atoms with E-state index in [1.165, 1.54) is 0 Å². The molecule has 5 heteroatoms. The van der Waals surface area contributed by atoms with Crippen molar-refractivity contribution in [2.24, 2.45) is 5.73 Å². The van der Waals surface area contributed by atoms with E-state index in [9.17, 15) is 9.59 Å². The number of carbonyl (C=O) groups excluding carboxylic acids is 2. The van der Waals surface area contributed by atoms with Crippen molar-refractivity contribution in [3.8, 4) is 0 Å². The van der Waals surface area contributed by atoms with Crippen molar-refractivity contribution in [1.82, 2.24) is 5.32 Å². The van der Waals surface area contributed by atoms with Gasteiger partial charge in [0.25, 0.3) is 0 Å². The molecule has 0 saturated heterocycles. The highest BCUT2D eigenvalue weighted by molar-refractivity contribution is 6.04. The monoisotopic (exact) mass is 347 g/mol. The molecule has 0 aromatic heterocycles. The van der Waals surface area contributed by atoms with Gasteiger partial charge in [0.1, 0.15) is 6.04 Å². The summed E-state index contributed by atoms with van der Waals surface area (Å²) in [4.78, 5) is 24.6. The van der Waals surface area contributed by atoms with Crippen LogP contribution in [0.5, 0.6) is 0 Å². The molecule has 26 heavy (non-hydrogen) atoms. The van der Waals surface area contributed by atoms with E-state index >= 15 is 0 Å². The Balaban J connectivity index is 1.83. The lowest BCUT2D eigenvalue weighted by Gasteiger charge is -2.19. The van der Waals surface area contributed by atoms with E-state index in [1.54, 1.807) is 0 Å². The van der Waals surface area contributed by atoms with Crippen LogP contribution >= 0.6 is 0 Å². The van der Waals surface area contributed by atoms with E-state index in [-0.39, 0.29) is 18.4 Å². The highest BCUT2D eigenvalue weighted by Gasteiger charge is 2.21. The van der Waals surface area contributed by atoms with Crippen LogP contribution in [0.1, 0.15) is 5.56 Å². The van der Waals surface area contributed by atoms with E-state index in [4.69, 9.17) is 5.73 Å². The Kier molecular flexibility index (Phi) is 5.61. The molecule has 0 spiro atoms. The summed E-state index contributed by atoms with van der Waals surface area (Å²) in [5.41, 5.74) is 7.07. The first kappa shape index (κ1) is 17.6. The fourth-order valence-electron chi connectivity index (χ4n) is 2.87. The van der Waals surface area contributed by atoms with E-state index < -0.39 is 6.04 Å². The number of hydrogen-bond acceptors (Lipinski definition) is 3. The normalized spacial score (nSPS) is 11.7. The van der Waals surface area contributed by atoms with Crippen molar-refractivity contribution in [2.45, 2.75) is 12.5 Å². The van der Waals surface area contributed by atoms with Crippen LogP contribution < -0.4 is 16.4 Å². The van der Waals surface area contributed by atoms with Crippen LogP contribution in [0.25, 0.3) is 10.8 Å². The summed E-state index contributed by atoms with van der Waals surface area (Å²) in [6.45, 7) is -0.160. The summed E-state index contributed by atoms with van der Waals surface area (Å²) in [7, 11) is 0. The summed E-state index contributed by atoms with van der Waals surface area (Å²) in [5.74, 6) is -0.633. The lowest BCUT2D eigenvalue weighted by Crippen LogP contribution is -2.47. The minimum absolute atomic E-state index is 0.160. The third-order valence-electron chi connectivity index (χ3n) is 4.17. The molecule has 3 aromatic rings. The molecule has 1 atom stereocenters. The molecule has 0 heterocycles. The van der Waals surface area contributed by atoms with Crippen LogP contribution in [0, 0.1) is 0 Å². The number of nitrogens with one attached hydrogen (secondary N) is 2. The van der Waals surface area contributed by atoms with Gasteiger partial charge in [-0.1, -0.05) is 66.7 Å². The fourth-order valence-corrected chi connectivity index (χ4v) is 2.87. The molecule has 0 aliphatic carbocycles. The molecule has 0 aliphatic rings. The number of anilines is 1. The summed E-state index contributed by atoms with van der Waals surface area (Å²) < 4.78 is 0. The second-order valence-electron chi connectivity index (χ2n) is 6.03. The van der Waals surface area contributed by atoms with Gasteiger partial charge in [-0.25, -0.2) is 0 Å². The molecule has 3 rings (SSSR count). The Morgan fingerprint density at radius 3 is 2.35 bits per heavy atom. The molecule has 132 valence electrons. The zero-order valence-electron chi connectivity index (χ0n) is 14.3. The third-order valence-corrected chi connectivity index (χ3v) is 4.17. The molecule has 0 aliphatic heterocycles. The third kappa shape index (κ3) is 4.26. The smallest absolute Gasteiger partial charge is 0.247 e. The first-order valence-electron chi connectivity index (χ1n) is 8.49. The van der Waals surface area contributed by atoms with Crippen LogP contribution in [-0.4, -0.2) is 24.4 Å². The van der Waals surface area contributed by atoms with Gasteiger partial charge in [-0.15, -0.1) is 0 Å². The van der Waals surface area contributed by atoms with Gasteiger partial charge in [0.2, 0.25) is 11.8 Å². The second-order valence-corrected chi connectivity index (χ2v) is 6.03. The van der Waals surface area contributed by atoms with Gasteiger partial charge in [0, 0.05) is 17.5 Å². The number of benzene rings is 3. The van der Waals surface area contributed by atoms with Crippen molar-refractivity contribution in [1.29, 1.82) is 0 Å². The molecular formula is C21H21N3O2. The molecule has 0 saturated carbocycles. The molecular weight excluding hydrogens is 326 g/mol. The van der Waals surface area contributed by atoms with Gasteiger partial charge in [0.15, 0.2) is 0 Å². The largest absolute Gasteiger partial charge is 0.343 e. The van der Waals surface area contributed by atoms with Gasteiger partial charge >= 0.3 is 0 Å². The highest BCUT2D eigenvalue weighted by Crippen LogP contribution is 2.23. The second kappa shape index (κ2) is 8.27. The average molecular weight is 347 g/mol. The van der Waals surface area contributed by atoms with Gasteiger partial charge in [-0.05, 0) is 17.0 Å². The topological polar surface area (TPSA) is 84.2 Å². The lowest BCUT2D eigenvalue weighted by atomic mass is 10.0. The van der Waals surface area contributed by atoms with Gasteiger partial charge in [-0.2, -0.15) is 0 Å². The number of hydrogen-bond donors (Lipinski definition) is 3. The SMILES string of the molecule is NCC(=O)N[C@@H](Cc1ccccc1)C(=O)Nc1cccc2ccccc12. The predicted molar refractivity (Wildman–Crippen MR) is 104 cm³/mol. The van der Waals surface area contributed by atoms with Gasteiger partial charge in [-0.3, -0.25) is 9.59 Å². The first-order valence-corrected chi connectivity index (χ1v) is 8.49. The molecule has 0 radical (unpaired) electrons. The predicted octanol–water partition coefficient (Wildman–Crippen LogP) is 2.46. The van der Waals surface area contributed by atoms with Crippen molar-refractivity contribution < 1.29 is 9.59 Å². The quantitative estimate of drug-likeness (QED) is 0.640. The van der Waals surface area contributed by atoms with Crippen LogP contribution in [0.2, 0.25) is 0 Å². The zero-order chi connectivity index (χ0) is 18.4. The van der Waals surface area contributed by atoms with Gasteiger partial charge in [0.05, 0.1) is 6.54 Å². The first-order chi connectivity index (χ1) is 12.7. The summed E-state index contributed by atoms with van der Waals surface area (Å²) in [6, 6.07) is 22.4. The van der Waals surface area contributed by atoms with Crippen LogP contribution in [0.3, 0.4) is 0 Å². The minimum Gasteiger partial charge on any atom is -0.343 e. The molecule has 0 unspecified atom stereocenters. The van der Waals surface area contributed by atoms with Crippen molar-refractivity contribution in [3.63, 3.8) is 0 Å². The average Bonchev–Trinajstić information content (AvgIpc) is 2.68. The van der Waals surface area contributed by atoms with Crippen molar-refractivity contribution >= 4 is 28.3 Å². The lowest BCUT2D eigenvalue weighted by molar-refractivity contribution is -0.125. The zero-order valence-corrected chi connectivity index (χ0v) is 14.3. The Morgan fingerprint density at radius 2 is 1.58 bits per heavy atom. The van der Waals surface area contributed by atoms with Crippen LogP contribution in [-0.2, 0) is 16.0 Å². The Hall–Kier alpha value is -3.18. The maximum atomic E-state index is 12.8. The van der Waals surface area contributed by atoms with E-state index in [0.29, 0.717) is 12.1 Å². The fraction of sp³-hybridized carbons (Fsp3) is 0.143. The molecule has 0 fully saturated rings. The van der Waals surface area contributed by atoms with E-state index in [0.717, 1.165) is 16.3 Å². The number of carbonyl (C=O) groups is 2. The summed E-state index contributed by atoms with van der Waals surface area (Å²) in [5, 5.41) is 7.64. The van der Waals surface area contributed by atoms with Crippen molar-refractivity contribution in [3.05, 3.63) is 78.4 Å². The van der Waals surface area contributed by atoms with Crippen LogP contribution in [0.4, 0.5) is 5.69 Å². The number of amides is 2.